The largest absolute Gasteiger partial charge is 0.497 e. The summed E-state index contributed by atoms with van der Waals surface area (Å²) in [5.74, 6) is 3.29. The van der Waals surface area contributed by atoms with E-state index in [1.54, 1.807) is 18.1 Å². The first-order valence-corrected chi connectivity index (χ1v) is 8.66. The zero-order valence-corrected chi connectivity index (χ0v) is 16.1. The Morgan fingerprint density at radius 1 is 1.31 bits per heavy atom. The maximum Gasteiger partial charge on any atom is 0.194 e. The van der Waals surface area contributed by atoms with Crippen LogP contribution in [0.25, 0.3) is 0 Å². The second-order valence-corrected chi connectivity index (χ2v) is 5.95. The average Bonchev–Trinajstić information content (AvgIpc) is 3.04. The van der Waals surface area contributed by atoms with Crippen molar-refractivity contribution < 1.29 is 9.47 Å². The normalized spacial score (nSPS) is 12.6. The van der Waals surface area contributed by atoms with Gasteiger partial charge in [-0.2, -0.15) is 5.10 Å². The number of guanidine groups is 1. The van der Waals surface area contributed by atoms with Crippen molar-refractivity contribution in [2.75, 3.05) is 27.2 Å². The molecule has 8 nitrogen and oxygen atoms in total. The summed E-state index contributed by atoms with van der Waals surface area (Å²) in [6.07, 6.45) is 1.50. The summed E-state index contributed by atoms with van der Waals surface area (Å²) in [6, 6.07) is 7.54. The molecule has 1 heterocycles. The molecular weight excluding hydrogens is 332 g/mol. The van der Waals surface area contributed by atoms with Gasteiger partial charge in [0.1, 0.15) is 29.8 Å². The Kier molecular flexibility index (Phi) is 7.25. The number of nitrogens with one attached hydrogen (secondary N) is 1. The first-order valence-electron chi connectivity index (χ1n) is 8.66. The molecular formula is C18H28N6O2. The van der Waals surface area contributed by atoms with E-state index in [-0.39, 0.29) is 6.10 Å². The topological polar surface area (TPSA) is 76.8 Å². The van der Waals surface area contributed by atoms with Crippen LogP contribution in [0.2, 0.25) is 0 Å². The second-order valence-electron chi connectivity index (χ2n) is 5.95. The zero-order valence-electron chi connectivity index (χ0n) is 16.1. The minimum absolute atomic E-state index is 0.0553. The summed E-state index contributed by atoms with van der Waals surface area (Å²) < 4.78 is 12.8. The van der Waals surface area contributed by atoms with E-state index < -0.39 is 0 Å². The fourth-order valence-electron chi connectivity index (χ4n) is 2.36. The Labute approximate surface area is 154 Å². The van der Waals surface area contributed by atoms with Crippen LogP contribution >= 0.6 is 0 Å². The minimum atomic E-state index is -0.0553. The first kappa shape index (κ1) is 19.6. The van der Waals surface area contributed by atoms with Gasteiger partial charge < -0.3 is 19.7 Å². The van der Waals surface area contributed by atoms with Gasteiger partial charge in [-0.1, -0.05) is 0 Å². The lowest BCUT2D eigenvalue weighted by Gasteiger charge is -2.22. The van der Waals surface area contributed by atoms with Gasteiger partial charge in [0.25, 0.3) is 0 Å². The molecule has 0 saturated heterocycles. The monoisotopic (exact) mass is 360 g/mol. The molecule has 1 aromatic carbocycles. The molecule has 0 bridgehead atoms. The van der Waals surface area contributed by atoms with Gasteiger partial charge in [0.05, 0.1) is 20.2 Å². The molecule has 26 heavy (non-hydrogen) atoms. The Morgan fingerprint density at radius 2 is 2.00 bits per heavy atom. The third-order valence-corrected chi connectivity index (χ3v) is 3.78. The zero-order chi connectivity index (χ0) is 18.9. The SMILES string of the molecule is CCNC(=NCC(C)Oc1ccc(OC)cc1)N(C)Cc1ncnn1C. The van der Waals surface area contributed by atoms with Gasteiger partial charge in [-0.3, -0.25) is 4.68 Å². The van der Waals surface area contributed by atoms with Gasteiger partial charge in [0.2, 0.25) is 0 Å². The van der Waals surface area contributed by atoms with Crippen molar-refractivity contribution in [1.82, 2.24) is 25.0 Å². The fourth-order valence-corrected chi connectivity index (χ4v) is 2.36. The quantitative estimate of drug-likeness (QED) is 0.570. The Morgan fingerprint density at radius 3 is 2.58 bits per heavy atom. The number of ether oxygens (including phenoxy) is 2. The van der Waals surface area contributed by atoms with Crippen LogP contribution in [0.5, 0.6) is 11.5 Å². The van der Waals surface area contributed by atoms with E-state index in [1.807, 2.05) is 57.1 Å². The van der Waals surface area contributed by atoms with Crippen molar-refractivity contribution in [2.45, 2.75) is 26.5 Å². The predicted molar refractivity (Wildman–Crippen MR) is 102 cm³/mol. The van der Waals surface area contributed by atoms with Crippen LogP contribution in [-0.2, 0) is 13.6 Å². The molecule has 1 atom stereocenters. The van der Waals surface area contributed by atoms with E-state index in [0.717, 1.165) is 29.8 Å². The lowest BCUT2D eigenvalue weighted by atomic mass is 10.3. The highest BCUT2D eigenvalue weighted by Crippen LogP contribution is 2.18. The van der Waals surface area contributed by atoms with Crippen molar-refractivity contribution in [3.63, 3.8) is 0 Å². The van der Waals surface area contributed by atoms with Gasteiger partial charge in [0, 0.05) is 20.6 Å². The standard InChI is InChI=1S/C18H28N6O2/c1-6-19-18(23(3)12-17-21-13-22-24(17)4)20-11-14(2)26-16-9-7-15(25-5)8-10-16/h7-10,13-14H,6,11-12H2,1-5H3,(H,19,20). The van der Waals surface area contributed by atoms with Gasteiger partial charge in [-0.15, -0.1) is 0 Å². The molecule has 8 heteroatoms. The lowest BCUT2D eigenvalue weighted by Crippen LogP contribution is -2.39. The molecule has 1 N–H and O–H groups in total. The summed E-state index contributed by atoms with van der Waals surface area (Å²) in [5, 5.41) is 7.39. The highest BCUT2D eigenvalue weighted by atomic mass is 16.5. The lowest BCUT2D eigenvalue weighted by molar-refractivity contribution is 0.229. The van der Waals surface area contributed by atoms with Crippen LogP contribution < -0.4 is 14.8 Å². The van der Waals surface area contributed by atoms with Crippen molar-refractivity contribution in [1.29, 1.82) is 0 Å². The molecule has 0 aliphatic carbocycles. The van der Waals surface area contributed by atoms with E-state index in [4.69, 9.17) is 9.47 Å². The van der Waals surface area contributed by atoms with Crippen LogP contribution in [0, 0.1) is 0 Å². The Balaban J connectivity index is 1.94. The average molecular weight is 360 g/mol. The molecule has 2 aromatic rings. The van der Waals surface area contributed by atoms with Crippen LogP contribution in [0.3, 0.4) is 0 Å². The second kappa shape index (κ2) is 9.65. The summed E-state index contributed by atoms with van der Waals surface area (Å²) in [4.78, 5) is 11.0. The third kappa shape index (κ3) is 5.65. The maximum absolute atomic E-state index is 5.91. The fraction of sp³-hybridized carbons (Fsp3) is 0.500. The van der Waals surface area contributed by atoms with Crippen LogP contribution in [0.1, 0.15) is 19.7 Å². The summed E-state index contributed by atoms with van der Waals surface area (Å²) >= 11 is 0. The first-order chi connectivity index (χ1) is 12.5. The van der Waals surface area contributed by atoms with Crippen molar-refractivity contribution in [3.05, 3.63) is 36.4 Å². The number of rotatable bonds is 8. The number of aromatic nitrogens is 3. The van der Waals surface area contributed by atoms with E-state index >= 15 is 0 Å². The van der Waals surface area contributed by atoms with Gasteiger partial charge in [0.15, 0.2) is 5.96 Å². The molecule has 0 saturated carbocycles. The van der Waals surface area contributed by atoms with Crippen LogP contribution in [-0.4, -0.2) is 59.0 Å². The minimum Gasteiger partial charge on any atom is -0.497 e. The highest BCUT2D eigenvalue weighted by molar-refractivity contribution is 5.79. The molecule has 142 valence electrons. The molecule has 0 aliphatic rings. The van der Waals surface area contributed by atoms with Crippen LogP contribution in [0.15, 0.2) is 35.6 Å². The summed E-state index contributed by atoms with van der Waals surface area (Å²) in [5.41, 5.74) is 0. The predicted octanol–water partition coefficient (Wildman–Crippen LogP) is 1.69. The smallest absolute Gasteiger partial charge is 0.194 e. The molecule has 0 spiro atoms. The number of benzene rings is 1. The summed E-state index contributed by atoms with van der Waals surface area (Å²) in [6.45, 7) is 5.99. The molecule has 2 rings (SSSR count). The van der Waals surface area contributed by atoms with Gasteiger partial charge >= 0.3 is 0 Å². The molecule has 1 aromatic heterocycles. The Hall–Kier alpha value is -2.77. The maximum atomic E-state index is 5.91. The number of aliphatic imine (C=N–C) groups is 1. The highest BCUT2D eigenvalue weighted by Gasteiger charge is 2.11. The van der Waals surface area contributed by atoms with Crippen LogP contribution in [0.4, 0.5) is 0 Å². The molecule has 0 aliphatic heterocycles. The van der Waals surface area contributed by atoms with E-state index in [1.165, 1.54) is 0 Å². The number of hydrogen-bond acceptors (Lipinski definition) is 5. The third-order valence-electron chi connectivity index (χ3n) is 3.78. The van der Waals surface area contributed by atoms with E-state index in [2.05, 4.69) is 20.4 Å². The number of aryl methyl sites for hydroxylation is 1. The van der Waals surface area contributed by atoms with Crippen molar-refractivity contribution >= 4 is 5.96 Å². The molecule has 0 amide bonds. The molecule has 1 unspecified atom stereocenters. The van der Waals surface area contributed by atoms with Gasteiger partial charge in [-0.25, -0.2) is 9.98 Å². The van der Waals surface area contributed by atoms with E-state index in [9.17, 15) is 0 Å². The molecule has 0 radical (unpaired) electrons. The van der Waals surface area contributed by atoms with Gasteiger partial charge in [-0.05, 0) is 38.1 Å². The number of methoxy groups -OCH3 is 1. The van der Waals surface area contributed by atoms with E-state index in [0.29, 0.717) is 13.1 Å². The number of hydrogen-bond donors (Lipinski definition) is 1. The molecule has 0 fully saturated rings. The van der Waals surface area contributed by atoms with Crippen molar-refractivity contribution in [3.8, 4) is 11.5 Å². The van der Waals surface area contributed by atoms with Crippen molar-refractivity contribution in [2.24, 2.45) is 12.0 Å². The Bertz CT molecular complexity index is 698. The number of nitrogens with zero attached hydrogens (tertiary/aromatic N) is 5. The summed E-state index contributed by atoms with van der Waals surface area (Å²) in [7, 11) is 5.50.